The van der Waals surface area contributed by atoms with Crippen LogP contribution >= 0.6 is 0 Å². The summed E-state index contributed by atoms with van der Waals surface area (Å²) >= 11 is 0. The summed E-state index contributed by atoms with van der Waals surface area (Å²) < 4.78 is 11.7. The third-order valence-corrected chi connectivity index (χ3v) is 5.44. The number of nitrogens with two attached hydrogens (primary N) is 1. The van der Waals surface area contributed by atoms with Crippen molar-refractivity contribution < 1.29 is 9.47 Å². The van der Waals surface area contributed by atoms with Gasteiger partial charge in [-0.1, -0.05) is 0 Å². The third kappa shape index (κ3) is 3.94. The lowest BCUT2D eigenvalue weighted by atomic mass is 9.97. The summed E-state index contributed by atoms with van der Waals surface area (Å²) in [5.74, 6) is 1.82. The second kappa shape index (κ2) is 7.13. The Morgan fingerprint density at radius 2 is 2.26 bits per heavy atom. The number of hydrogen-bond acceptors (Lipinski definition) is 7. The average molecular weight is 371 g/mol. The van der Waals surface area contributed by atoms with E-state index < -0.39 is 0 Å². The summed E-state index contributed by atoms with van der Waals surface area (Å²) in [4.78, 5) is 7.02. The Hall–Kier alpha value is -2.12. The molecule has 0 amide bonds. The molecule has 2 fully saturated rings. The van der Waals surface area contributed by atoms with Crippen molar-refractivity contribution in [1.82, 2.24) is 10.2 Å². The standard InChI is InChI=1S/C20H29N5O2/c1-13(2)27-14-3-4-16(21)15(9-14)19(22)17-10-18(24-12-23-17)25-7-8-26-20(11-25)5-6-20/h3-4,9,13,17,22-23H,5-8,10-12,21H2,1-2H3. The number of anilines is 1. The second-order valence-electron chi connectivity index (χ2n) is 7.98. The molecule has 0 radical (unpaired) electrons. The van der Waals surface area contributed by atoms with Gasteiger partial charge in [0.25, 0.3) is 0 Å². The number of nitrogens with zero attached hydrogens (tertiary/aromatic N) is 2. The van der Waals surface area contributed by atoms with Crippen molar-refractivity contribution in [3.63, 3.8) is 0 Å². The van der Waals surface area contributed by atoms with E-state index in [0.717, 1.165) is 49.7 Å². The Kier molecular flexibility index (Phi) is 4.82. The van der Waals surface area contributed by atoms with Crippen LogP contribution in [-0.2, 0) is 4.74 Å². The van der Waals surface area contributed by atoms with Gasteiger partial charge >= 0.3 is 0 Å². The molecular weight excluding hydrogens is 342 g/mol. The number of nitrogen functional groups attached to an aromatic ring is 1. The van der Waals surface area contributed by atoms with Crippen LogP contribution in [0.4, 0.5) is 5.69 Å². The minimum atomic E-state index is -0.105. The van der Waals surface area contributed by atoms with Crippen LogP contribution in [0.2, 0.25) is 0 Å². The zero-order valence-corrected chi connectivity index (χ0v) is 16.1. The first-order chi connectivity index (χ1) is 13.0. The number of nitrogens with one attached hydrogen (secondary N) is 2. The predicted octanol–water partition coefficient (Wildman–Crippen LogP) is 2.01. The Balaban J connectivity index is 1.47. The number of benzene rings is 1. The number of morpholine rings is 1. The van der Waals surface area contributed by atoms with Crippen molar-refractivity contribution in [2.24, 2.45) is 4.99 Å². The number of ether oxygens (including phenoxy) is 2. The van der Waals surface area contributed by atoms with Crippen molar-refractivity contribution in [2.45, 2.75) is 50.9 Å². The fraction of sp³-hybridized carbons (Fsp3) is 0.600. The lowest BCUT2D eigenvalue weighted by Crippen LogP contribution is -2.52. The number of aliphatic imine (C=N–C) groups is 1. The van der Waals surface area contributed by atoms with Crippen LogP contribution in [-0.4, -0.2) is 60.6 Å². The first-order valence-corrected chi connectivity index (χ1v) is 9.76. The largest absolute Gasteiger partial charge is 0.491 e. The van der Waals surface area contributed by atoms with Gasteiger partial charge in [-0.05, 0) is 44.9 Å². The van der Waals surface area contributed by atoms with E-state index in [4.69, 9.17) is 20.6 Å². The molecule has 2 aliphatic heterocycles. The zero-order chi connectivity index (χ0) is 19.0. The maximum atomic E-state index is 8.74. The molecule has 27 heavy (non-hydrogen) atoms. The lowest BCUT2D eigenvalue weighted by molar-refractivity contribution is -0.0251. The summed E-state index contributed by atoms with van der Waals surface area (Å²) in [6.07, 6.45) is 3.07. The van der Waals surface area contributed by atoms with Gasteiger partial charge in [-0.15, -0.1) is 0 Å². The van der Waals surface area contributed by atoms with Gasteiger partial charge in [0.1, 0.15) is 11.6 Å². The Bertz CT molecular complexity index is 757. The molecule has 146 valence electrons. The number of hydrogen-bond donors (Lipinski definition) is 3. The molecule has 4 N–H and O–H groups in total. The van der Waals surface area contributed by atoms with Crippen molar-refractivity contribution in [3.8, 4) is 5.75 Å². The summed E-state index contributed by atoms with van der Waals surface area (Å²) in [5.41, 5.74) is 8.06. The molecule has 0 aromatic heterocycles. The summed E-state index contributed by atoms with van der Waals surface area (Å²) in [7, 11) is 0. The van der Waals surface area contributed by atoms with Crippen molar-refractivity contribution >= 4 is 17.2 Å². The molecule has 3 aliphatic rings. The van der Waals surface area contributed by atoms with Crippen LogP contribution in [0.15, 0.2) is 23.2 Å². The minimum Gasteiger partial charge on any atom is -0.491 e. The molecule has 1 saturated carbocycles. The van der Waals surface area contributed by atoms with Crippen LogP contribution in [0.3, 0.4) is 0 Å². The number of amidine groups is 1. The van der Waals surface area contributed by atoms with E-state index in [0.29, 0.717) is 24.5 Å². The lowest BCUT2D eigenvalue weighted by Gasteiger charge is -2.38. The van der Waals surface area contributed by atoms with E-state index >= 15 is 0 Å². The van der Waals surface area contributed by atoms with Gasteiger partial charge in [0.15, 0.2) is 0 Å². The monoisotopic (exact) mass is 371 g/mol. The molecular formula is C20H29N5O2. The van der Waals surface area contributed by atoms with Crippen LogP contribution < -0.4 is 15.8 Å². The Morgan fingerprint density at radius 1 is 1.44 bits per heavy atom. The molecule has 7 heteroatoms. The van der Waals surface area contributed by atoms with Gasteiger partial charge < -0.3 is 25.5 Å². The molecule has 1 aliphatic carbocycles. The molecule has 2 heterocycles. The topological polar surface area (TPSA) is 96.0 Å². The first kappa shape index (κ1) is 18.3. The van der Waals surface area contributed by atoms with E-state index in [1.54, 1.807) is 0 Å². The molecule has 0 bridgehead atoms. The fourth-order valence-corrected chi connectivity index (χ4v) is 3.81. The summed E-state index contributed by atoms with van der Waals surface area (Å²) in [5, 5.41) is 12.1. The highest BCUT2D eigenvalue weighted by Crippen LogP contribution is 2.42. The van der Waals surface area contributed by atoms with E-state index in [1.165, 1.54) is 0 Å². The van der Waals surface area contributed by atoms with E-state index in [-0.39, 0.29) is 17.7 Å². The van der Waals surface area contributed by atoms with Gasteiger partial charge in [0.2, 0.25) is 0 Å². The average Bonchev–Trinajstić information content (AvgIpc) is 3.41. The Morgan fingerprint density at radius 3 is 3.00 bits per heavy atom. The van der Waals surface area contributed by atoms with Gasteiger partial charge in [-0.25, -0.2) is 0 Å². The molecule has 1 atom stereocenters. The highest BCUT2D eigenvalue weighted by Gasteiger charge is 2.48. The third-order valence-electron chi connectivity index (χ3n) is 5.44. The quantitative estimate of drug-likeness (QED) is 0.556. The van der Waals surface area contributed by atoms with Crippen LogP contribution in [0.25, 0.3) is 0 Å². The number of rotatable bonds is 4. The predicted molar refractivity (Wildman–Crippen MR) is 107 cm³/mol. The van der Waals surface area contributed by atoms with E-state index in [1.807, 2.05) is 32.0 Å². The maximum absolute atomic E-state index is 8.74. The fourth-order valence-electron chi connectivity index (χ4n) is 3.81. The molecule has 4 rings (SSSR count). The smallest absolute Gasteiger partial charge is 0.120 e. The van der Waals surface area contributed by atoms with Gasteiger partial charge in [-0.2, -0.15) is 0 Å². The van der Waals surface area contributed by atoms with Crippen molar-refractivity contribution in [2.75, 3.05) is 32.1 Å². The molecule has 1 aromatic carbocycles. The molecule has 1 saturated heterocycles. The van der Waals surface area contributed by atoms with Crippen LogP contribution in [0, 0.1) is 5.41 Å². The van der Waals surface area contributed by atoms with E-state index in [2.05, 4.69) is 15.2 Å². The first-order valence-electron chi connectivity index (χ1n) is 9.76. The summed E-state index contributed by atoms with van der Waals surface area (Å²) in [6.45, 7) is 7.06. The molecule has 7 nitrogen and oxygen atoms in total. The zero-order valence-electron chi connectivity index (χ0n) is 16.1. The van der Waals surface area contributed by atoms with Gasteiger partial charge in [-0.3, -0.25) is 10.3 Å². The minimum absolute atomic E-state index is 0.0710. The highest BCUT2D eigenvalue weighted by atomic mass is 16.5. The Labute approximate surface area is 160 Å². The normalized spacial score (nSPS) is 24.0. The van der Waals surface area contributed by atoms with Gasteiger partial charge in [0.05, 0.1) is 36.7 Å². The van der Waals surface area contributed by atoms with Crippen LogP contribution in [0.1, 0.15) is 38.7 Å². The van der Waals surface area contributed by atoms with Crippen molar-refractivity contribution in [1.29, 1.82) is 5.41 Å². The van der Waals surface area contributed by atoms with Gasteiger partial charge in [0, 0.05) is 30.8 Å². The molecule has 1 spiro atoms. The second-order valence-corrected chi connectivity index (χ2v) is 7.98. The molecule has 1 unspecified atom stereocenters. The van der Waals surface area contributed by atoms with Crippen LogP contribution in [0.5, 0.6) is 5.75 Å². The van der Waals surface area contributed by atoms with Crippen molar-refractivity contribution in [3.05, 3.63) is 23.8 Å². The van der Waals surface area contributed by atoms with E-state index in [9.17, 15) is 0 Å². The molecule has 1 aromatic rings. The maximum Gasteiger partial charge on any atom is 0.120 e. The summed E-state index contributed by atoms with van der Waals surface area (Å²) in [6, 6.07) is 5.44. The SMILES string of the molecule is CC(C)Oc1ccc(N)c(C(=N)C2CC(N3CCOC4(CC4)C3)=NCN2)c1. The highest BCUT2D eigenvalue weighted by molar-refractivity contribution is 6.08.